The maximum absolute atomic E-state index is 13.6. The van der Waals surface area contributed by atoms with Gasteiger partial charge >= 0.3 is 0 Å². The second-order valence-electron chi connectivity index (χ2n) is 11.5. The van der Waals surface area contributed by atoms with Crippen LogP contribution in [0.2, 0.25) is 5.02 Å². The number of fused-ring (bicyclic) bond motifs is 3. The van der Waals surface area contributed by atoms with Gasteiger partial charge in [0.25, 0.3) is 0 Å². The molecule has 2 aliphatic rings. The van der Waals surface area contributed by atoms with Crippen LogP contribution in [0.4, 0.5) is 5.69 Å². The largest absolute Gasteiger partial charge is 0.372 e. The Balaban J connectivity index is 1.39. The predicted octanol–water partition coefficient (Wildman–Crippen LogP) is 4.44. The normalized spacial score (nSPS) is 22.1. The molecule has 1 aromatic carbocycles. The van der Waals surface area contributed by atoms with Crippen molar-refractivity contribution in [3.63, 3.8) is 0 Å². The van der Waals surface area contributed by atoms with Crippen LogP contribution in [0.5, 0.6) is 0 Å². The number of benzene rings is 1. The van der Waals surface area contributed by atoms with Gasteiger partial charge in [-0.05, 0) is 50.3 Å². The van der Waals surface area contributed by atoms with Gasteiger partial charge in [-0.15, -0.1) is 0 Å². The molecule has 5 rings (SSSR count). The third kappa shape index (κ3) is 5.08. The van der Waals surface area contributed by atoms with Crippen LogP contribution in [0, 0.1) is 5.41 Å². The number of ether oxygens (including phenoxy) is 1. The summed E-state index contributed by atoms with van der Waals surface area (Å²) in [5, 5.41) is 5.48. The Morgan fingerprint density at radius 1 is 1.22 bits per heavy atom. The molecule has 2 N–H and O–H groups in total. The highest BCUT2D eigenvalue weighted by Crippen LogP contribution is 2.34. The van der Waals surface area contributed by atoms with E-state index in [0.29, 0.717) is 17.3 Å². The summed E-state index contributed by atoms with van der Waals surface area (Å²) in [4.78, 5) is 38.3. The number of anilines is 1. The van der Waals surface area contributed by atoms with Gasteiger partial charge in [0.05, 0.1) is 41.7 Å². The van der Waals surface area contributed by atoms with Crippen LogP contribution in [0.1, 0.15) is 40.5 Å². The van der Waals surface area contributed by atoms with Gasteiger partial charge in [0.15, 0.2) is 0 Å². The minimum Gasteiger partial charge on any atom is -0.372 e. The fourth-order valence-electron chi connectivity index (χ4n) is 5.50. The first-order chi connectivity index (χ1) is 17.0. The fourth-order valence-corrected chi connectivity index (χ4v) is 5.72. The number of aromatic nitrogens is 2. The van der Waals surface area contributed by atoms with Gasteiger partial charge in [-0.3, -0.25) is 19.5 Å². The maximum Gasteiger partial charge on any atom is 0.244 e. The zero-order chi connectivity index (χ0) is 25.7. The summed E-state index contributed by atoms with van der Waals surface area (Å²) >= 11 is 6.43. The second kappa shape index (κ2) is 9.32. The van der Waals surface area contributed by atoms with Crippen molar-refractivity contribution in [1.82, 2.24) is 19.8 Å². The number of pyridine rings is 1. The number of nitrogens with zero attached hydrogens (tertiary/aromatic N) is 3. The molecule has 0 bridgehead atoms. The Morgan fingerprint density at radius 3 is 2.81 bits per heavy atom. The molecule has 1 atom stereocenters. The predicted molar refractivity (Wildman–Crippen MR) is 142 cm³/mol. The summed E-state index contributed by atoms with van der Waals surface area (Å²) in [5.41, 5.74) is 1.90. The molecule has 2 aromatic heterocycles. The van der Waals surface area contributed by atoms with E-state index in [0.717, 1.165) is 47.7 Å². The van der Waals surface area contributed by atoms with Crippen molar-refractivity contribution in [2.24, 2.45) is 5.41 Å². The molecule has 36 heavy (non-hydrogen) atoms. The van der Waals surface area contributed by atoms with Crippen LogP contribution in [0.15, 0.2) is 30.6 Å². The fraction of sp³-hybridized carbons (Fsp3) is 0.519. The summed E-state index contributed by atoms with van der Waals surface area (Å²) < 4.78 is 6.02. The number of carbonyl (C=O) groups is 2. The third-order valence-electron chi connectivity index (χ3n) is 7.28. The van der Waals surface area contributed by atoms with Gasteiger partial charge < -0.3 is 19.9 Å². The number of hydrogen-bond acceptors (Lipinski definition) is 5. The molecule has 0 radical (unpaired) electrons. The van der Waals surface area contributed by atoms with Gasteiger partial charge in [-0.2, -0.15) is 0 Å². The average molecular weight is 512 g/mol. The van der Waals surface area contributed by atoms with Crippen LogP contribution in [0.25, 0.3) is 21.8 Å². The van der Waals surface area contributed by atoms with E-state index in [1.807, 2.05) is 35.8 Å². The van der Waals surface area contributed by atoms with Crippen molar-refractivity contribution < 1.29 is 14.3 Å². The van der Waals surface area contributed by atoms with Crippen LogP contribution in [-0.4, -0.2) is 76.0 Å². The summed E-state index contributed by atoms with van der Waals surface area (Å²) in [6.45, 7) is 10.8. The molecule has 2 fully saturated rings. The number of carbonyl (C=O) groups excluding carboxylic acids is 2. The lowest BCUT2D eigenvalue weighted by molar-refractivity contribution is -0.151. The van der Waals surface area contributed by atoms with E-state index < -0.39 is 11.6 Å². The van der Waals surface area contributed by atoms with E-state index in [-0.39, 0.29) is 30.4 Å². The van der Waals surface area contributed by atoms with Crippen LogP contribution in [0.3, 0.4) is 0 Å². The number of likely N-dealkylation sites (tertiary alicyclic amines) is 1. The average Bonchev–Trinajstić information content (AvgIpc) is 3.16. The Bertz CT molecular complexity index is 1320. The number of H-pyrrole nitrogens is 1. The lowest BCUT2D eigenvalue weighted by Gasteiger charge is -2.44. The van der Waals surface area contributed by atoms with E-state index in [2.05, 4.69) is 29.1 Å². The number of rotatable bonds is 4. The number of hydrogen-bond donors (Lipinski definition) is 2. The van der Waals surface area contributed by atoms with Crippen molar-refractivity contribution in [2.45, 2.75) is 52.2 Å². The quantitative estimate of drug-likeness (QED) is 0.540. The SMILES string of the molecule is CC1(C)CCCN(C(=O)CN2CC(C)(C)OCC2C(=O)Nc2cc(Cl)cc3c2[nH]c2cnccc23)C1. The lowest BCUT2D eigenvalue weighted by Crippen LogP contribution is -2.60. The molecular formula is C27H34ClN5O3. The summed E-state index contributed by atoms with van der Waals surface area (Å²) in [6.07, 6.45) is 5.60. The van der Waals surface area contributed by atoms with Crippen LogP contribution in [-0.2, 0) is 14.3 Å². The topological polar surface area (TPSA) is 90.6 Å². The minimum atomic E-state index is -0.597. The first-order valence-corrected chi connectivity index (χ1v) is 12.9. The van der Waals surface area contributed by atoms with E-state index in [4.69, 9.17) is 16.3 Å². The van der Waals surface area contributed by atoms with E-state index in [1.165, 1.54) is 0 Å². The smallest absolute Gasteiger partial charge is 0.244 e. The highest BCUT2D eigenvalue weighted by Gasteiger charge is 2.40. The standard InChI is InChI=1S/C27H34ClN5O3/c1-26(2)7-5-9-32(15-26)23(34)13-33-16-27(3,4)36-14-22(33)25(35)31-20-11-17(28)10-19-18-6-8-29-12-21(18)30-24(19)20/h6,8,10-12,22,30H,5,7,9,13-16H2,1-4H3,(H,31,35). The molecule has 2 saturated heterocycles. The zero-order valence-electron chi connectivity index (χ0n) is 21.4. The van der Waals surface area contributed by atoms with Gasteiger partial charge in [0.2, 0.25) is 11.8 Å². The van der Waals surface area contributed by atoms with Crippen molar-refractivity contribution in [3.8, 4) is 0 Å². The van der Waals surface area contributed by atoms with Crippen molar-refractivity contribution >= 4 is 50.9 Å². The van der Waals surface area contributed by atoms with E-state index >= 15 is 0 Å². The van der Waals surface area contributed by atoms with E-state index in [1.54, 1.807) is 18.5 Å². The van der Waals surface area contributed by atoms with Gasteiger partial charge in [-0.1, -0.05) is 25.4 Å². The van der Waals surface area contributed by atoms with E-state index in [9.17, 15) is 9.59 Å². The highest BCUT2D eigenvalue weighted by molar-refractivity contribution is 6.33. The molecule has 3 aromatic rings. The van der Waals surface area contributed by atoms with Gasteiger partial charge in [-0.25, -0.2) is 0 Å². The Hall–Kier alpha value is -2.68. The summed E-state index contributed by atoms with van der Waals surface area (Å²) in [5.74, 6) is -0.163. The number of aromatic amines is 1. The van der Waals surface area contributed by atoms with Crippen LogP contribution < -0.4 is 5.32 Å². The van der Waals surface area contributed by atoms with Gasteiger partial charge in [0, 0.05) is 41.6 Å². The Kier molecular flexibility index (Phi) is 6.47. The van der Waals surface area contributed by atoms with Gasteiger partial charge in [0.1, 0.15) is 6.04 Å². The molecule has 1 unspecified atom stereocenters. The lowest BCUT2D eigenvalue weighted by atomic mass is 9.84. The molecule has 192 valence electrons. The number of piperidine rings is 1. The Labute approximate surface area is 216 Å². The molecule has 4 heterocycles. The van der Waals surface area contributed by atoms with Crippen molar-refractivity contribution in [3.05, 3.63) is 35.6 Å². The number of halogens is 1. The monoisotopic (exact) mass is 511 g/mol. The molecule has 8 nitrogen and oxygen atoms in total. The minimum absolute atomic E-state index is 0.0616. The highest BCUT2D eigenvalue weighted by atomic mass is 35.5. The Morgan fingerprint density at radius 2 is 2.03 bits per heavy atom. The molecule has 0 aliphatic carbocycles. The third-order valence-corrected chi connectivity index (χ3v) is 7.50. The summed E-state index contributed by atoms with van der Waals surface area (Å²) in [7, 11) is 0. The number of nitrogens with one attached hydrogen (secondary N) is 2. The molecule has 0 spiro atoms. The first kappa shape index (κ1) is 25.0. The molecule has 0 saturated carbocycles. The second-order valence-corrected chi connectivity index (χ2v) is 11.9. The van der Waals surface area contributed by atoms with Crippen molar-refractivity contribution in [1.29, 1.82) is 0 Å². The zero-order valence-corrected chi connectivity index (χ0v) is 22.1. The van der Waals surface area contributed by atoms with Crippen molar-refractivity contribution in [2.75, 3.05) is 38.1 Å². The van der Waals surface area contributed by atoms with Crippen LogP contribution >= 0.6 is 11.6 Å². The molecular weight excluding hydrogens is 478 g/mol. The number of amides is 2. The molecule has 9 heteroatoms. The number of morpholine rings is 1. The molecule has 2 aliphatic heterocycles. The summed E-state index contributed by atoms with van der Waals surface area (Å²) in [6, 6.07) is 4.94. The first-order valence-electron chi connectivity index (χ1n) is 12.5. The maximum atomic E-state index is 13.6. The molecule has 2 amide bonds.